The van der Waals surface area contributed by atoms with Crippen molar-refractivity contribution in [1.29, 1.82) is 5.26 Å². The molecular formula is C22H28N4O3. The topological polar surface area (TPSA) is 91.2 Å². The lowest BCUT2D eigenvalue weighted by molar-refractivity contribution is -0.133. The van der Waals surface area contributed by atoms with Gasteiger partial charge in [0, 0.05) is 43.6 Å². The van der Waals surface area contributed by atoms with Gasteiger partial charge in [-0.2, -0.15) is 10.4 Å². The summed E-state index contributed by atoms with van der Waals surface area (Å²) in [6.45, 7) is 6.05. The summed E-state index contributed by atoms with van der Waals surface area (Å²) in [5.41, 5.74) is 3.70. The third kappa shape index (κ3) is 5.08. The summed E-state index contributed by atoms with van der Waals surface area (Å²) in [6, 6.07) is 7.24. The minimum absolute atomic E-state index is 0.172. The quantitative estimate of drug-likeness (QED) is 0.776. The van der Waals surface area contributed by atoms with Crippen molar-refractivity contribution in [3.8, 4) is 17.6 Å². The molecule has 1 fully saturated rings. The Morgan fingerprint density at radius 2 is 2.21 bits per heavy atom. The number of hydrogen-bond acceptors (Lipinski definition) is 5. The second-order valence-electron chi connectivity index (χ2n) is 7.56. The molecule has 1 aliphatic heterocycles. The molecule has 1 saturated heterocycles. The number of ether oxygens (including phenoxy) is 2. The van der Waals surface area contributed by atoms with E-state index in [9.17, 15) is 4.79 Å². The molecule has 1 aliphatic rings. The van der Waals surface area contributed by atoms with E-state index in [1.165, 1.54) is 0 Å². The first-order valence-electron chi connectivity index (χ1n) is 10.0. The number of nitrogens with one attached hydrogen (secondary N) is 1. The van der Waals surface area contributed by atoms with Crippen molar-refractivity contribution in [3.63, 3.8) is 0 Å². The number of aryl methyl sites for hydroxylation is 2. The maximum absolute atomic E-state index is 12.7. The minimum atomic E-state index is 0.172. The smallest absolute Gasteiger partial charge is 0.222 e. The Bertz CT molecular complexity index is 900. The fraction of sp³-hybridized carbons (Fsp3) is 0.500. The molecule has 1 N–H and O–H groups in total. The van der Waals surface area contributed by atoms with E-state index in [2.05, 4.69) is 16.3 Å². The van der Waals surface area contributed by atoms with Gasteiger partial charge in [0.2, 0.25) is 5.91 Å². The Morgan fingerprint density at radius 1 is 1.38 bits per heavy atom. The van der Waals surface area contributed by atoms with Crippen LogP contribution in [0.5, 0.6) is 11.5 Å². The van der Waals surface area contributed by atoms with Crippen LogP contribution in [0.15, 0.2) is 18.2 Å². The SMILES string of the molecule is COc1cc(C#N)ccc1OCC1CCCN(C(=O)CCc2n[nH]c(C)c2C)C1. The van der Waals surface area contributed by atoms with Crippen molar-refractivity contribution in [2.75, 3.05) is 26.8 Å². The first-order valence-corrected chi connectivity index (χ1v) is 10.0. The molecule has 0 bridgehead atoms. The van der Waals surface area contributed by atoms with E-state index < -0.39 is 0 Å². The number of aromatic amines is 1. The lowest BCUT2D eigenvalue weighted by Crippen LogP contribution is -2.41. The fourth-order valence-corrected chi connectivity index (χ4v) is 3.65. The molecule has 1 atom stereocenters. The van der Waals surface area contributed by atoms with Crippen LogP contribution in [-0.2, 0) is 11.2 Å². The highest BCUT2D eigenvalue weighted by Crippen LogP contribution is 2.29. The molecule has 1 aromatic carbocycles. The van der Waals surface area contributed by atoms with Crippen molar-refractivity contribution >= 4 is 5.91 Å². The Labute approximate surface area is 171 Å². The van der Waals surface area contributed by atoms with Crippen LogP contribution in [0.25, 0.3) is 0 Å². The third-order valence-electron chi connectivity index (χ3n) is 5.57. The summed E-state index contributed by atoms with van der Waals surface area (Å²) in [5.74, 6) is 1.63. The van der Waals surface area contributed by atoms with Gasteiger partial charge in [0.05, 0.1) is 31.0 Å². The van der Waals surface area contributed by atoms with Crippen LogP contribution >= 0.6 is 0 Å². The molecule has 0 spiro atoms. The maximum Gasteiger partial charge on any atom is 0.222 e. The van der Waals surface area contributed by atoms with Gasteiger partial charge in [0.1, 0.15) is 0 Å². The van der Waals surface area contributed by atoms with Gasteiger partial charge in [0.25, 0.3) is 0 Å². The predicted molar refractivity (Wildman–Crippen MR) is 109 cm³/mol. The van der Waals surface area contributed by atoms with E-state index in [0.717, 1.165) is 36.3 Å². The first-order chi connectivity index (χ1) is 14.0. The molecule has 1 amide bonds. The number of methoxy groups -OCH3 is 1. The van der Waals surface area contributed by atoms with Crippen LogP contribution in [0.4, 0.5) is 0 Å². The maximum atomic E-state index is 12.7. The zero-order chi connectivity index (χ0) is 20.8. The Balaban J connectivity index is 1.52. The second kappa shape index (κ2) is 9.46. The number of amides is 1. The monoisotopic (exact) mass is 396 g/mol. The fourth-order valence-electron chi connectivity index (χ4n) is 3.65. The number of nitriles is 1. The molecule has 1 unspecified atom stereocenters. The molecule has 0 aliphatic carbocycles. The van der Waals surface area contributed by atoms with Crippen LogP contribution in [0.1, 0.15) is 41.8 Å². The van der Waals surface area contributed by atoms with Gasteiger partial charge in [-0.1, -0.05) is 0 Å². The average Bonchev–Trinajstić information content (AvgIpc) is 3.08. The van der Waals surface area contributed by atoms with Crippen molar-refractivity contribution in [2.45, 2.75) is 39.5 Å². The first kappa shape index (κ1) is 20.7. The van der Waals surface area contributed by atoms with Gasteiger partial charge in [-0.25, -0.2) is 0 Å². The van der Waals surface area contributed by atoms with E-state index >= 15 is 0 Å². The number of H-pyrrole nitrogens is 1. The van der Waals surface area contributed by atoms with Crippen molar-refractivity contribution in [3.05, 3.63) is 40.7 Å². The van der Waals surface area contributed by atoms with Crippen molar-refractivity contribution in [2.24, 2.45) is 5.92 Å². The van der Waals surface area contributed by atoms with Gasteiger partial charge in [0.15, 0.2) is 11.5 Å². The van der Waals surface area contributed by atoms with Crippen LogP contribution in [-0.4, -0.2) is 47.8 Å². The van der Waals surface area contributed by atoms with Crippen molar-refractivity contribution in [1.82, 2.24) is 15.1 Å². The van der Waals surface area contributed by atoms with Crippen LogP contribution in [0.2, 0.25) is 0 Å². The highest BCUT2D eigenvalue weighted by Gasteiger charge is 2.24. The molecular weight excluding hydrogens is 368 g/mol. The molecule has 0 saturated carbocycles. The van der Waals surface area contributed by atoms with Gasteiger partial charge in [-0.05, 0) is 44.4 Å². The van der Waals surface area contributed by atoms with Crippen LogP contribution < -0.4 is 9.47 Å². The van der Waals surface area contributed by atoms with Crippen molar-refractivity contribution < 1.29 is 14.3 Å². The normalized spacial score (nSPS) is 16.3. The molecule has 3 rings (SSSR count). The van der Waals surface area contributed by atoms with Gasteiger partial charge in [-0.15, -0.1) is 0 Å². The average molecular weight is 396 g/mol. The Kier molecular flexibility index (Phi) is 6.76. The molecule has 2 aromatic rings. The zero-order valence-electron chi connectivity index (χ0n) is 17.3. The number of carbonyl (C=O) groups is 1. The molecule has 154 valence electrons. The Hall–Kier alpha value is -3.01. The van der Waals surface area contributed by atoms with E-state index in [0.29, 0.717) is 43.1 Å². The number of benzene rings is 1. The predicted octanol–water partition coefficient (Wildman–Crippen LogP) is 3.16. The van der Waals surface area contributed by atoms with E-state index in [-0.39, 0.29) is 11.8 Å². The lowest BCUT2D eigenvalue weighted by atomic mass is 9.98. The van der Waals surface area contributed by atoms with Crippen LogP contribution in [0.3, 0.4) is 0 Å². The molecule has 29 heavy (non-hydrogen) atoms. The number of nitrogens with zero attached hydrogens (tertiary/aromatic N) is 3. The molecule has 2 heterocycles. The number of carbonyl (C=O) groups excluding carboxylic acids is 1. The number of piperidine rings is 1. The van der Waals surface area contributed by atoms with Gasteiger partial charge in [-0.3, -0.25) is 9.89 Å². The highest BCUT2D eigenvalue weighted by atomic mass is 16.5. The molecule has 7 nitrogen and oxygen atoms in total. The number of aromatic nitrogens is 2. The highest BCUT2D eigenvalue weighted by molar-refractivity contribution is 5.76. The molecule has 1 aromatic heterocycles. The van der Waals surface area contributed by atoms with Gasteiger partial charge >= 0.3 is 0 Å². The van der Waals surface area contributed by atoms with E-state index in [1.54, 1.807) is 25.3 Å². The summed E-state index contributed by atoms with van der Waals surface area (Å²) in [4.78, 5) is 14.6. The minimum Gasteiger partial charge on any atom is -0.493 e. The number of rotatable bonds is 7. The Morgan fingerprint density at radius 3 is 2.90 bits per heavy atom. The lowest BCUT2D eigenvalue weighted by Gasteiger charge is -2.32. The molecule has 7 heteroatoms. The van der Waals surface area contributed by atoms with Crippen LogP contribution in [0, 0.1) is 31.1 Å². The van der Waals surface area contributed by atoms with Gasteiger partial charge < -0.3 is 14.4 Å². The van der Waals surface area contributed by atoms with E-state index in [1.807, 2.05) is 18.7 Å². The summed E-state index contributed by atoms with van der Waals surface area (Å²) < 4.78 is 11.3. The summed E-state index contributed by atoms with van der Waals surface area (Å²) >= 11 is 0. The summed E-state index contributed by atoms with van der Waals surface area (Å²) in [5, 5.41) is 16.3. The standard InChI is InChI=1S/C22H28N4O3/c1-15-16(2)24-25-19(15)7-9-22(27)26-10-4-5-18(13-26)14-29-20-8-6-17(12-23)11-21(20)28-3/h6,8,11,18H,4-5,7,9-10,13-14H2,1-3H3,(H,24,25). The largest absolute Gasteiger partial charge is 0.493 e. The number of hydrogen-bond donors (Lipinski definition) is 1. The second-order valence-corrected chi connectivity index (χ2v) is 7.56. The summed E-state index contributed by atoms with van der Waals surface area (Å²) in [7, 11) is 1.56. The third-order valence-corrected chi connectivity index (χ3v) is 5.57. The zero-order valence-corrected chi connectivity index (χ0v) is 17.3. The number of likely N-dealkylation sites (tertiary alicyclic amines) is 1. The molecule has 0 radical (unpaired) electrons. The van der Waals surface area contributed by atoms with E-state index in [4.69, 9.17) is 14.7 Å². The summed E-state index contributed by atoms with van der Waals surface area (Å²) in [6.07, 6.45) is 3.14.